The largest absolute Gasteiger partial charge is 0.368 e. The first-order valence-corrected chi connectivity index (χ1v) is 12.5. The molecule has 3 heterocycles. The molecule has 1 aliphatic rings. The van der Waals surface area contributed by atoms with E-state index < -0.39 is 0 Å². The summed E-state index contributed by atoms with van der Waals surface area (Å²) in [5, 5.41) is 3.05. The second kappa shape index (κ2) is 11.8. The number of urea groups is 1. The third-order valence-corrected chi connectivity index (χ3v) is 6.35. The van der Waals surface area contributed by atoms with Crippen molar-refractivity contribution in [3.05, 3.63) is 42.2 Å². The number of fused-ring (bicyclic) bond motifs is 1. The van der Waals surface area contributed by atoms with Gasteiger partial charge in [0.2, 0.25) is 5.95 Å². The maximum Gasteiger partial charge on any atom is 0.317 e. The standard InChI is InChI=1S/C26H34FN7O/c1-2-3-4-5-6-7-14-29-26(35)34-17-15-33(16-18-34)24-23-22(31-25(28)32-24)13-12-21(30-23)19-8-10-20(27)11-9-19/h8-13H,2-7,14-18H2,1H3,(H,29,35)(H2,28,31,32). The van der Waals surface area contributed by atoms with Crippen LogP contribution >= 0.6 is 0 Å². The van der Waals surface area contributed by atoms with Crippen LogP contribution in [0.2, 0.25) is 0 Å². The van der Waals surface area contributed by atoms with Gasteiger partial charge in [0.25, 0.3) is 0 Å². The van der Waals surface area contributed by atoms with Gasteiger partial charge < -0.3 is 20.9 Å². The van der Waals surface area contributed by atoms with Crippen molar-refractivity contribution in [2.75, 3.05) is 43.4 Å². The van der Waals surface area contributed by atoms with E-state index in [2.05, 4.69) is 27.1 Å². The Kier molecular flexibility index (Phi) is 8.28. The molecule has 8 nitrogen and oxygen atoms in total. The zero-order valence-electron chi connectivity index (χ0n) is 20.3. The lowest BCUT2D eigenvalue weighted by molar-refractivity contribution is 0.194. The molecule has 1 aromatic carbocycles. The molecule has 0 saturated carbocycles. The van der Waals surface area contributed by atoms with E-state index in [0.717, 1.165) is 18.4 Å². The summed E-state index contributed by atoms with van der Waals surface area (Å²) < 4.78 is 13.3. The molecule has 186 valence electrons. The summed E-state index contributed by atoms with van der Waals surface area (Å²) in [5.74, 6) is 0.548. The van der Waals surface area contributed by atoms with Gasteiger partial charge >= 0.3 is 6.03 Å². The maximum atomic E-state index is 13.3. The number of hydrogen-bond acceptors (Lipinski definition) is 6. The van der Waals surface area contributed by atoms with Gasteiger partial charge in [-0.15, -0.1) is 0 Å². The van der Waals surface area contributed by atoms with Crippen molar-refractivity contribution in [3.8, 4) is 11.3 Å². The SMILES string of the molecule is CCCCCCCCNC(=O)N1CCN(c2nc(N)nc3ccc(-c4ccc(F)cc4)nc23)CC1. The Morgan fingerprint density at radius 1 is 0.943 bits per heavy atom. The summed E-state index contributed by atoms with van der Waals surface area (Å²) in [6.07, 6.45) is 7.20. The number of aromatic nitrogens is 3. The van der Waals surface area contributed by atoms with Crippen molar-refractivity contribution in [1.82, 2.24) is 25.2 Å². The highest BCUT2D eigenvalue weighted by atomic mass is 19.1. The van der Waals surface area contributed by atoms with Crippen molar-refractivity contribution in [1.29, 1.82) is 0 Å². The lowest BCUT2D eigenvalue weighted by atomic mass is 10.1. The highest BCUT2D eigenvalue weighted by Crippen LogP contribution is 2.27. The number of rotatable bonds is 9. The van der Waals surface area contributed by atoms with Crippen molar-refractivity contribution in [2.45, 2.75) is 45.4 Å². The number of nitrogen functional groups attached to an aromatic ring is 1. The molecule has 1 aliphatic heterocycles. The van der Waals surface area contributed by atoms with E-state index in [1.165, 1.54) is 37.8 Å². The number of carbonyl (C=O) groups is 1. The van der Waals surface area contributed by atoms with Gasteiger partial charge in [0.1, 0.15) is 11.3 Å². The van der Waals surface area contributed by atoms with Crippen molar-refractivity contribution in [3.63, 3.8) is 0 Å². The fraction of sp³-hybridized carbons (Fsp3) is 0.462. The van der Waals surface area contributed by atoms with Crippen LogP contribution < -0.4 is 16.0 Å². The van der Waals surface area contributed by atoms with E-state index >= 15 is 0 Å². The Bertz CT molecular complexity index is 1130. The van der Waals surface area contributed by atoms with Crippen LogP contribution in [0.4, 0.5) is 21.0 Å². The number of benzene rings is 1. The fourth-order valence-electron chi connectivity index (χ4n) is 4.35. The fourth-order valence-corrected chi connectivity index (χ4v) is 4.35. The summed E-state index contributed by atoms with van der Waals surface area (Å²) in [5.41, 5.74) is 8.79. The van der Waals surface area contributed by atoms with Crippen molar-refractivity contribution in [2.24, 2.45) is 0 Å². The lowest BCUT2D eigenvalue weighted by Crippen LogP contribution is -2.52. The predicted molar refractivity (Wildman–Crippen MR) is 138 cm³/mol. The van der Waals surface area contributed by atoms with Gasteiger partial charge in [0.15, 0.2) is 5.82 Å². The van der Waals surface area contributed by atoms with E-state index in [9.17, 15) is 9.18 Å². The van der Waals surface area contributed by atoms with Crippen LogP contribution in [-0.2, 0) is 0 Å². The molecule has 1 saturated heterocycles. The topological polar surface area (TPSA) is 100 Å². The molecule has 35 heavy (non-hydrogen) atoms. The van der Waals surface area contributed by atoms with Crippen LogP contribution in [0.5, 0.6) is 0 Å². The molecule has 3 aromatic rings. The normalized spacial score (nSPS) is 13.9. The number of hydrogen-bond donors (Lipinski definition) is 2. The number of halogens is 1. The number of anilines is 2. The maximum absolute atomic E-state index is 13.3. The molecule has 0 unspecified atom stereocenters. The Hall–Kier alpha value is -3.49. The van der Waals surface area contributed by atoms with E-state index in [4.69, 9.17) is 10.7 Å². The van der Waals surface area contributed by atoms with Crippen LogP contribution in [0.25, 0.3) is 22.3 Å². The van der Waals surface area contributed by atoms with Crippen LogP contribution in [0.1, 0.15) is 45.4 Å². The van der Waals surface area contributed by atoms with Crippen LogP contribution in [0.15, 0.2) is 36.4 Å². The van der Waals surface area contributed by atoms with Gasteiger partial charge in [-0.05, 0) is 42.8 Å². The van der Waals surface area contributed by atoms with Gasteiger partial charge in [-0.1, -0.05) is 39.0 Å². The van der Waals surface area contributed by atoms with Gasteiger partial charge in [-0.2, -0.15) is 4.98 Å². The minimum Gasteiger partial charge on any atom is -0.368 e. The van der Waals surface area contributed by atoms with E-state index in [1.807, 2.05) is 17.0 Å². The Morgan fingerprint density at radius 3 is 2.40 bits per heavy atom. The van der Waals surface area contributed by atoms with E-state index in [0.29, 0.717) is 55.3 Å². The summed E-state index contributed by atoms with van der Waals surface area (Å²) in [4.78, 5) is 30.1. The predicted octanol–water partition coefficient (Wildman–Crippen LogP) is 4.61. The zero-order valence-corrected chi connectivity index (χ0v) is 20.3. The summed E-state index contributed by atoms with van der Waals surface area (Å²) in [6, 6.07) is 9.92. The van der Waals surface area contributed by atoms with Crippen LogP contribution in [0, 0.1) is 5.82 Å². The van der Waals surface area contributed by atoms with Gasteiger partial charge in [-0.3, -0.25) is 0 Å². The highest BCUT2D eigenvalue weighted by Gasteiger charge is 2.24. The average molecular weight is 480 g/mol. The summed E-state index contributed by atoms with van der Waals surface area (Å²) in [6.45, 7) is 5.35. The van der Waals surface area contributed by atoms with E-state index in [1.54, 1.807) is 12.1 Å². The number of pyridine rings is 1. The Balaban J connectivity index is 1.39. The minimum absolute atomic E-state index is 0.0120. The number of amides is 2. The lowest BCUT2D eigenvalue weighted by Gasteiger charge is -2.35. The Morgan fingerprint density at radius 2 is 1.66 bits per heavy atom. The second-order valence-electron chi connectivity index (χ2n) is 8.95. The van der Waals surface area contributed by atoms with Gasteiger partial charge in [0.05, 0.1) is 11.2 Å². The first-order chi connectivity index (χ1) is 17.0. The molecule has 2 aromatic heterocycles. The molecule has 0 atom stereocenters. The molecule has 0 aliphatic carbocycles. The Labute approximate surface area is 205 Å². The quantitative estimate of drug-likeness (QED) is 0.435. The number of nitrogens with zero attached hydrogens (tertiary/aromatic N) is 5. The molecular formula is C26H34FN7O. The molecule has 9 heteroatoms. The number of nitrogens with two attached hydrogens (primary N) is 1. The van der Waals surface area contributed by atoms with E-state index in [-0.39, 0.29) is 17.8 Å². The molecule has 0 spiro atoms. The molecule has 2 amide bonds. The number of piperazine rings is 1. The third kappa shape index (κ3) is 6.35. The molecule has 3 N–H and O–H groups in total. The molecular weight excluding hydrogens is 445 g/mol. The van der Waals surface area contributed by atoms with Crippen LogP contribution in [-0.4, -0.2) is 58.6 Å². The highest BCUT2D eigenvalue weighted by molar-refractivity contribution is 5.88. The number of carbonyl (C=O) groups excluding carboxylic acids is 1. The summed E-state index contributed by atoms with van der Waals surface area (Å²) in [7, 11) is 0. The molecule has 4 rings (SSSR count). The third-order valence-electron chi connectivity index (χ3n) is 6.35. The van der Waals surface area contributed by atoms with Gasteiger partial charge in [-0.25, -0.2) is 19.2 Å². The minimum atomic E-state index is -0.291. The summed E-state index contributed by atoms with van der Waals surface area (Å²) >= 11 is 0. The number of unbranched alkanes of at least 4 members (excludes halogenated alkanes) is 5. The first kappa shape index (κ1) is 24.6. The average Bonchev–Trinajstić information content (AvgIpc) is 2.88. The molecule has 0 radical (unpaired) electrons. The first-order valence-electron chi connectivity index (χ1n) is 12.5. The smallest absolute Gasteiger partial charge is 0.317 e. The number of nitrogens with one attached hydrogen (secondary N) is 1. The van der Waals surface area contributed by atoms with Crippen molar-refractivity contribution >= 4 is 28.8 Å². The van der Waals surface area contributed by atoms with Gasteiger partial charge in [0, 0.05) is 38.3 Å². The monoisotopic (exact) mass is 479 g/mol. The molecule has 0 bridgehead atoms. The van der Waals surface area contributed by atoms with Crippen LogP contribution in [0.3, 0.4) is 0 Å². The second-order valence-corrected chi connectivity index (χ2v) is 8.95. The van der Waals surface area contributed by atoms with Crippen molar-refractivity contribution < 1.29 is 9.18 Å². The molecule has 1 fully saturated rings. The zero-order chi connectivity index (χ0) is 24.6.